The van der Waals surface area contributed by atoms with Gasteiger partial charge >= 0.3 is 19.5 Å². The summed E-state index contributed by atoms with van der Waals surface area (Å²) in [5.74, 6) is -4.35. The average Bonchev–Trinajstić information content (AvgIpc) is 3.96. The third-order valence-corrected chi connectivity index (χ3v) is 14.5. The molecule has 12 nitrogen and oxygen atoms in total. The summed E-state index contributed by atoms with van der Waals surface area (Å²) in [5, 5.41) is 90.4. The number of nitrogens with zero attached hydrogens (tertiary/aromatic N) is 4. The normalized spacial score (nSPS) is 45.3. The topological polar surface area (TPSA) is 211 Å². The molecular formula is C44H36N4O8Zn+2. The van der Waals surface area contributed by atoms with Crippen molar-refractivity contribution in [2.24, 2.45) is 67.3 Å². The van der Waals surface area contributed by atoms with E-state index in [0.717, 1.165) is 44.6 Å². The minimum Gasteiger partial charge on any atom is -0.389 e. The summed E-state index contributed by atoms with van der Waals surface area (Å²) in [5.41, 5.74) is 10.7. The van der Waals surface area contributed by atoms with Crippen LogP contribution in [0.15, 0.2) is 160 Å². The van der Waals surface area contributed by atoms with Gasteiger partial charge in [0.15, 0.2) is 0 Å². The maximum Gasteiger partial charge on any atom is 2.00 e. The SMILES string of the molecule is OC1C2C=CC(C3=C2C2=CC4=NC(=CC5=NC(=CC6=NC(=CC3=N2)C2=C6C3C=CC2C(O)C3O)C2=C5C3C=CC2C(O)C3O)C2=C4C3C=CC2C(O)C3O)C1O.[Zn+2]. The standard InChI is InChI=1S/C44H36N4O8.Zn/c49-37-13-1-2-14(38(37)50)30-22-10-24-32-16-5-6-18(42(54)40(16)52)34(32)26(47-24)12-28-36-20-8-7-19(43(55)44(20)56)35(36)27(48-28)11-25-33-17-4-3-15(39(51)41(17)53)31(33)23(46-25)9-21(45-22)29(13)30;/h1-20,37-44,49-56H;/q;+2. The van der Waals surface area contributed by atoms with E-state index in [1.54, 1.807) is 0 Å². The minimum absolute atomic E-state index is 0. The second kappa shape index (κ2) is 11.5. The number of hydrogen-bond acceptors (Lipinski definition) is 12. The van der Waals surface area contributed by atoms with Crippen molar-refractivity contribution in [2.75, 3.05) is 0 Å². The summed E-state index contributed by atoms with van der Waals surface area (Å²) in [4.78, 5) is 20.8. The molecule has 57 heavy (non-hydrogen) atoms. The monoisotopic (exact) mass is 812 g/mol. The zero-order valence-electron chi connectivity index (χ0n) is 30.2. The van der Waals surface area contributed by atoms with Crippen LogP contribution in [0.25, 0.3) is 0 Å². The van der Waals surface area contributed by atoms with Crippen molar-refractivity contribution < 1.29 is 60.3 Å². The van der Waals surface area contributed by atoms with Crippen LogP contribution < -0.4 is 0 Å². The van der Waals surface area contributed by atoms with Crippen LogP contribution >= 0.6 is 0 Å². The molecule has 0 saturated carbocycles. The first-order valence-corrected chi connectivity index (χ1v) is 19.5. The van der Waals surface area contributed by atoms with Crippen LogP contribution in [0.1, 0.15) is 0 Å². The van der Waals surface area contributed by atoms with E-state index >= 15 is 0 Å². The summed E-state index contributed by atoms with van der Waals surface area (Å²) >= 11 is 0. The predicted molar refractivity (Wildman–Crippen MR) is 203 cm³/mol. The Bertz CT molecular complexity index is 2220. The Morgan fingerprint density at radius 2 is 0.421 bits per heavy atom. The third-order valence-electron chi connectivity index (χ3n) is 14.5. The molecule has 17 aliphatic rings. The first-order valence-electron chi connectivity index (χ1n) is 19.5. The summed E-state index contributed by atoms with van der Waals surface area (Å²) < 4.78 is 0. The molecule has 16 atom stereocenters. The fraction of sp³-hybridized carbons (Fsp3) is 0.364. The molecule has 17 rings (SSSR count). The molecule has 12 aliphatic carbocycles. The van der Waals surface area contributed by atoms with Crippen LogP contribution in [0.3, 0.4) is 0 Å². The predicted octanol–water partition coefficient (Wildman–Crippen LogP) is 0.688. The summed E-state index contributed by atoms with van der Waals surface area (Å²) in [6.45, 7) is 0. The van der Waals surface area contributed by atoms with Crippen LogP contribution in [-0.4, -0.2) is 113 Å². The Balaban J connectivity index is 0.00000356. The molecule has 0 aromatic carbocycles. The minimum atomic E-state index is -1.05. The molecule has 13 heteroatoms. The summed E-state index contributed by atoms with van der Waals surface area (Å²) in [6, 6.07) is 0. The van der Waals surface area contributed by atoms with Gasteiger partial charge in [0.2, 0.25) is 0 Å². The molecule has 5 heterocycles. The molecular weight excluding hydrogens is 778 g/mol. The summed E-state index contributed by atoms with van der Waals surface area (Å²) in [7, 11) is 0. The van der Waals surface area contributed by atoms with E-state index in [0.29, 0.717) is 45.6 Å². The molecule has 280 valence electrons. The van der Waals surface area contributed by atoms with Crippen molar-refractivity contribution >= 4 is 22.8 Å². The molecule has 0 fully saturated rings. The number of allylic oxidation sites excluding steroid dienone is 8. The van der Waals surface area contributed by atoms with Gasteiger partial charge in [0.05, 0.1) is 94.5 Å². The van der Waals surface area contributed by atoms with Crippen molar-refractivity contribution in [1.82, 2.24) is 0 Å². The van der Waals surface area contributed by atoms with Gasteiger partial charge in [0.1, 0.15) is 0 Å². The van der Waals surface area contributed by atoms with E-state index in [9.17, 15) is 40.9 Å². The Morgan fingerprint density at radius 3 is 0.596 bits per heavy atom. The first kappa shape index (κ1) is 34.9. The van der Waals surface area contributed by atoms with Gasteiger partial charge in [-0.3, -0.25) is 0 Å². The van der Waals surface area contributed by atoms with Crippen molar-refractivity contribution in [3.63, 3.8) is 0 Å². The maximum atomic E-state index is 11.3. The van der Waals surface area contributed by atoms with Crippen molar-refractivity contribution in [3.8, 4) is 0 Å². The van der Waals surface area contributed by atoms with E-state index in [4.69, 9.17) is 20.0 Å². The Labute approximate surface area is 338 Å². The molecule has 0 aromatic heterocycles. The second-order valence-electron chi connectivity index (χ2n) is 17.1. The third kappa shape index (κ3) is 4.17. The fourth-order valence-corrected chi connectivity index (χ4v) is 12.0. The molecule has 0 amide bonds. The van der Waals surface area contributed by atoms with Gasteiger partial charge in [-0.15, -0.1) is 0 Å². The number of aliphatic imine (C=N–C) groups is 4. The van der Waals surface area contributed by atoms with Gasteiger partial charge in [0, 0.05) is 47.3 Å². The maximum absolute atomic E-state index is 11.3. The summed E-state index contributed by atoms with van der Waals surface area (Å²) in [6.07, 6.45) is 14.4. The smallest absolute Gasteiger partial charge is 0.389 e. The first-order chi connectivity index (χ1) is 27.1. The van der Waals surface area contributed by atoms with Gasteiger partial charge < -0.3 is 40.9 Å². The molecule has 0 spiro atoms. The molecule has 0 aromatic rings. The van der Waals surface area contributed by atoms with Crippen LogP contribution in [0, 0.1) is 47.3 Å². The van der Waals surface area contributed by atoms with Crippen LogP contribution in [0.5, 0.6) is 0 Å². The number of rotatable bonds is 0. The van der Waals surface area contributed by atoms with E-state index in [2.05, 4.69) is 0 Å². The van der Waals surface area contributed by atoms with Crippen molar-refractivity contribution in [3.05, 3.63) is 140 Å². The molecule has 5 aliphatic heterocycles. The zero-order valence-corrected chi connectivity index (χ0v) is 33.2. The Kier molecular flexibility index (Phi) is 7.05. The molecule has 0 saturated heterocycles. The van der Waals surface area contributed by atoms with Crippen LogP contribution in [0.2, 0.25) is 0 Å². The Morgan fingerprint density at radius 1 is 0.263 bits per heavy atom. The molecule has 16 unspecified atom stereocenters. The van der Waals surface area contributed by atoms with Crippen LogP contribution in [0.4, 0.5) is 0 Å². The largest absolute Gasteiger partial charge is 2.00 e. The van der Waals surface area contributed by atoms with Gasteiger partial charge in [0.25, 0.3) is 0 Å². The van der Waals surface area contributed by atoms with Crippen molar-refractivity contribution in [1.29, 1.82) is 0 Å². The quantitative estimate of drug-likeness (QED) is 0.129. The molecule has 0 radical (unpaired) electrons. The van der Waals surface area contributed by atoms with E-state index < -0.39 is 96.2 Å². The number of fused-ring (bicyclic) bond motifs is 8. The van der Waals surface area contributed by atoms with Crippen LogP contribution in [-0.2, 0) is 19.5 Å². The Hall–Kier alpha value is -4.14. The molecule has 16 bridgehead atoms. The number of aliphatic hydroxyl groups is 8. The van der Waals surface area contributed by atoms with Gasteiger partial charge in [-0.25, -0.2) is 20.0 Å². The average molecular weight is 814 g/mol. The van der Waals surface area contributed by atoms with Crippen molar-refractivity contribution in [2.45, 2.75) is 48.8 Å². The van der Waals surface area contributed by atoms with E-state index in [1.165, 1.54) is 0 Å². The molecule has 8 N–H and O–H groups in total. The number of aliphatic hydroxyl groups excluding tert-OH is 8. The fourth-order valence-electron chi connectivity index (χ4n) is 12.0. The second-order valence-corrected chi connectivity index (χ2v) is 17.1. The number of hydrogen-bond donors (Lipinski definition) is 8. The zero-order chi connectivity index (χ0) is 37.8. The van der Waals surface area contributed by atoms with Gasteiger partial charge in [-0.1, -0.05) is 48.6 Å². The van der Waals surface area contributed by atoms with E-state index in [1.807, 2.05) is 72.9 Å². The van der Waals surface area contributed by atoms with Gasteiger partial charge in [-0.05, 0) is 68.9 Å². The van der Waals surface area contributed by atoms with E-state index in [-0.39, 0.29) is 19.5 Å². The van der Waals surface area contributed by atoms with Gasteiger partial charge in [-0.2, -0.15) is 0 Å².